The topological polar surface area (TPSA) is 46.6 Å². The fraction of sp³-hybridized carbons (Fsp3) is 0.846. The number of hydrogen-bond donors (Lipinski definition) is 0. The van der Waals surface area contributed by atoms with E-state index in [0.29, 0.717) is 13.0 Å². The van der Waals surface area contributed by atoms with Crippen molar-refractivity contribution in [2.75, 3.05) is 26.7 Å². The molecular formula is C13H19NO3. The summed E-state index contributed by atoms with van der Waals surface area (Å²) in [5.74, 6) is -0.214. The number of methoxy groups -OCH3 is 1. The Morgan fingerprint density at radius 3 is 2.53 bits per heavy atom. The molecular weight excluding hydrogens is 218 g/mol. The Hall–Kier alpha value is -0.900. The van der Waals surface area contributed by atoms with Crippen molar-refractivity contribution in [1.82, 2.24) is 4.90 Å². The number of Topliss-reactive ketones (excluding diaryl/α,β-unsaturated/α-hetero) is 1. The van der Waals surface area contributed by atoms with Gasteiger partial charge in [-0.15, -0.1) is 0 Å². The van der Waals surface area contributed by atoms with E-state index >= 15 is 0 Å². The van der Waals surface area contributed by atoms with Crippen LogP contribution in [0.3, 0.4) is 0 Å². The van der Waals surface area contributed by atoms with E-state index in [-0.39, 0.29) is 22.6 Å². The van der Waals surface area contributed by atoms with Crippen molar-refractivity contribution < 1.29 is 14.3 Å². The van der Waals surface area contributed by atoms with Crippen LogP contribution in [0.25, 0.3) is 0 Å². The molecule has 3 heterocycles. The van der Waals surface area contributed by atoms with Crippen molar-refractivity contribution in [3.8, 4) is 0 Å². The van der Waals surface area contributed by atoms with Gasteiger partial charge in [0.2, 0.25) is 0 Å². The molecule has 94 valence electrons. The lowest BCUT2D eigenvalue weighted by atomic mass is 9.48. The summed E-state index contributed by atoms with van der Waals surface area (Å²) in [4.78, 5) is 27.0. The number of piperidine rings is 3. The number of carbonyl (C=O) groups excluding carboxylic acids is 2. The Morgan fingerprint density at radius 1 is 1.24 bits per heavy atom. The van der Waals surface area contributed by atoms with Gasteiger partial charge in [-0.2, -0.15) is 0 Å². The molecule has 0 spiro atoms. The predicted octanol–water partition coefficient (Wildman–Crippen LogP) is 0.850. The molecule has 0 aromatic carbocycles. The van der Waals surface area contributed by atoms with Gasteiger partial charge >= 0.3 is 5.97 Å². The third-order valence-corrected chi connectivity index (χ3v) is 4.78. The minimum Gasteiger partial charge on any atom is -0.468 e. The van der Waals surface area contributed by atoms with Gasteiger partial charge in [-0.1, -0.05) is 13.8 Å². The minimum atomic E-state index is -0.882. The van der Waals surface area contributed by atoms with Gasteiger partial charge in [0, 0.05) is 25.0 Å². The van der Waals surface area contributed by atoms with Crippen LogP contribution < -0.4 is 0 Å². The van der Waals surface area contributed by atoms with E-state index in [1.165, 1.54) is 7.11 Å². The predicted molar refractivity (Wildman–Crippen MR) is 61.3 cm³/mol. The molecule has 0 aromatic heterocycles. The average Bonchev–Trinajstić information content (AvgIpc) is 2.21. The highest BCUT2D eigenvalue weighted by Gasteiger charge is 2.68. The van der Waals surface area contributed by atoms with Crippen molar-refractivity contribution in [3.05, 3.63) is 0 Å². The highest BCUT2D eigenvalue weighted by atomic mass is 16.5. The third kappa shape index (κ3) is 1.22. The molecule has 1 aliphatic carbocycles. The monoisotopic (exact) mass is 237 g/mol. The molecule has 4 heteroatoms. The van der Waals surface area contributed by atoms with Crippen LogP contribution in [0.4, 0.5) is 0 Å². The number of rotatable bonds is 1. The zero-order valence-corrected chi connectivity index (χ0v) is 10.7. The van der Waals surface area contributed by atoms with Crippen LogP contribution >= 0.6 is 0 Å². The van der Waals surface area contributed by atoms with Gasteiger partial charge in [-0.05, 0) is 18.3 Å². The lowest BCUT2D eigenvalue weighted by Crippen LogP contribution is -2.73. The molecule has 4 nitrogen and oxygen atoms in total. The molecule has 1 saturated carbocycles. The van der Waals surface area contributed by atoms with Crippen LogP contribution in [-0.2, 0) is 14.3 Å². The summed E-state index contributed by atoms with van der Waals surface area (Å²) in [5.41, 5.74) is -1.14. The van der Waals surface area contributed by atoms with Crippen LogP contribution in [0, 0.1) is 16.2 Å². The van der Waals surface area contributed by atoms with Gasteiger partial charge < -0.3 is 9.64 Å². The molecule has 0 radical (unpaired) electrons. The van der Waals surface area contributed by atoms with Crippen molar-refractivity contribution in [3.63, 3.8) is 0 Å². The van der Waals surface area contributed by atoms with Crippen LogP contribution in [0.5, 0.6) is 0 Å². The van der Waals surface area contributed by atoms with Gasteiger partial charge in [0.1, 0.15) is 5.41 Å². The number of hydrogen-bond acceptors (Lipinski definition) is 4. The van der Waals surface area contributed by atoms with Gasteiger partial charge in [0.05, 0.1) is 7.11 Å². The zero-order chi connectivity index (χ0) is 12.5. The standard InChI is InChI=1S/C13H19NO3/c1-11-4-12(2)7-14(6-11)8-13(5-11,9(12)15)10(16)17-3/h4-8H2,1-3H3/t11-,12-,13-/m1/s1. The van der Waals surface area contributed by atoms with Crippen LogP contribution in [0.2, 0.25) is 0 Å². The Balaban J connectivity index is 2.11. The lowest BCUT2D eigenvalue weighted by molar-refractivity contribution is -0.196. The van der Waals surface area contributed by atoms with Crippen LogP contribution in [0.1, 0.15) is 26.7 Å². The van der Waals surface area contributed by atoms with E-state index in [4.69, 9.17) is 4.74 Å². The quantitative estimate of drug-likeness (QED) is 0.501. The molecule has 0 N–H and O–H groups in total. The summed E-state index contributed by atoms with van der Waals surface area (Å²) in [5, 5.41) is 0. The van der Waals surface area contributed by atoms with Crippen molar-refractivity contribution in [2.45, 2.75) is 26.7 Å². The molecule has 1 unspecified atom stereocenters. The first kappa shape index (κ1) is 11.2. The fourth-order valence-electron chi connectivity index (χ4n) is 4.85. The second-order valence-corrected chi connectivity index (χ2v) is 6.77. The average molecular weight is 237 g/mol. The maximum absolute atomic E-state index is 12.6. The molecule has 17 heavy (non-hydrogen) atoms. The van der Waals surface area contributed by atoms with Gasteiger partial charge in [0.25, 0.3) is 0 Å². The lowest BCUT2D eigenvalue weighted by Gasteiger charge is -2.63. The van der Waals surface area contributed by atoms with Crippen LogP contribution in [-0.4, -0.2) is 43.4 Å². The van der Waals surface area contributed by atoms with Crippen molar-refractivity contribution >= 4 is 11.8 Å². The maximum atomic E-state index is 12.6. The number of ether oxygens (including phenoxy) is 1. The highest BCUT2D eigenvalue weighted by Crippen LogP contribution is 2.59. The van der Waals surface area contributed by atoms with E-state index in [9.17, 15) is 9.59 Å². The largest absolute Gasteiger partial charge is 0.468 e. The molecule has 0 amide bonds. The summed E-state index contributed by atoms with van der Waals surface area (Å²) < 4.78 is 4.91. The molecule has 4 atom stereocenters. The Kier molecular flexibility index (Phi) is 1.92. The van der Waals surface area contributed by atoms with E-state index < -0.39 is 5.41 Å². The van der Waals surface area contributed by atoms with E-state index in [0.717, 1.165) is 19.5 Å². The number of carbonyl (C=O) groups is 2. The van der Waals surface area contributed by atoms with Crippen LogP contribution in [0.15, 0.2) is 0 Å². The van der Waals surface area contributed by atoms with Gasteiger partial charge in [-0.3, -0.25) is 9.59 Å². The SMILES string of the molecule is COC(=O)[C@]12CN3C[C@](C)(C[C@](C)(C3)C1=O)C2. The first-order valence-electron chi connectivity index (χ1n) is 6.19. The summed E-state index contributed by atoms with van der Waals surface area (Å²) in [6.45, 7) is 6.58. The molecule has 4 fully saturated rings. The Bertz CT molecular complexity index is 421. The van der Waals surface area contributed by atoms with Gasteiger partial charge in [0.15, 0.2) is 5.78 Å². The second-order valence-electron chi connectivity index (χ2n) is 6.77. The summed E-state index contributed by atoms with van der Waals surface area (Å²) in [6.07, 6.45) is 1.58. The van der Waals surface area contributed by atoms with E-state index in [1.807, 2.05) is 6.92 Å². The van der Waals surface area contributed by atoms with Crippen molar-refractivity contribution in [1.29, 1.82) is 0 Å². The zero-order valence-electron chi connectivity index (χ0n) is 10.7. The first-order chi connectivity index (χ1) is 7.84. The molecule has 0 aromatic rings. The maximum Gasteiger partial charge on any atom is 0.320 e. The third-order valence-electron chi connectivity index (χ3n) is 4.78. The van der Waals surface area contributed by atoms with Crippen molar-refractivity contribution in [2.24, 2.45) is 16.2 Å². The number of ketones is 1. The number of nitrogens with zero attached hydrogens (tertiary/aromatic N) is 1. The fourth-order valence-corrected chi connectivity index (χ4v) is 4.85. The molecule has 4 bridgehead atoms. The summed E-state index contributed by atoms with van der Waals surface area (Å²) in [7, 11) is 1.38. The highest BCUT2D eigenvalue weighted by molar-refractivity contribution is 6.08. The normalized spacial score (nSPS) is 51.7. The molecule has 4 rings (SSSR count). The molecule has 4 aliphatic rings. The first-order valence-corrected chi connectivity index (χ1v) is 6.19. The number of esters is 1. The second kappa shape index (κ2) is 2.91. The van der Waals surface area contributed by atoms with Gasteiger partial charge in [-0.25, -0.2) is 0 Å². The molecule has 3 aliphatic heterocycles. The smallest absolute Gasteiger partial charge is 0.320 e. The van der Waals surface area contributed by atoms with E-state index in [2.05, 4.69) is 11.8 Å². The molecule has 3 saturated heterocycles. The summed E-state index contributed by atoms with van der Waals surface area (Å²) in [6, 6.07) is 0. The Morgan fingerprint density at radius 2 is 1.94 bits per heavy atom. The van der Waals surface area contributed by atoms with E-state index in [1.54, 1.807) is 0 Å². The summed E-state index contributed by atoms with van der Waals surface area (Å²) >= 11 is 0. The Labute approximate surface area is 101 Å². The minimum absolute atomic E-state index is 0.0906.